The molecule has 1 aromatic carbocycles. The number of hydrogen-bond donors (Lipinski definition) is 0. The van der Waals surface area contributed by atoms with Gasteiger partial charge >= 0.3 is 0 Å². The predicted molar refractivity (Wildman–Crippen MR) is 52.9 cm³/mol. The Labute approximate surface area is 81.3 Å². The Morgan fingerprint density at radius 2 is 2.21 bits per heavy atom. The fourth-order valence-electron chi connectivity index (χ4n) is 1.51. The van der Waals surface area contributed by atoms with Gasteiger partial charge in [-0.25, -0.2) is 0 Å². The van der Waals surface area contributed by atoms with Crippen molar-refractivity contribution >= 4 is 17.3 Å². The number of ether oxygens (including phenoxy) is 1. The molecule has 0 bridgehead atoms. The number of aldehydes is 1. The highest BCUT2D eigenvalue weighted by Gasteiger charge is 2.10. The smallest absolute Gasteiger partial charge is 0.153 e. The van der Waals surface area contributed by atoms with E-state index >= 15 is 0 Å². The molecule has 0 spiro atoms. The first-order valence-electron chi connectivity index (χ1n) is 4.28. The second-order valence-electron chi connectivity index (χ2n) is 3.07. The first-order chi connectivity index (χ1) is 6.76. The minimum Gasteiger partial charge on any atom is -0.496 e. The Bertz CT molecular complexity index is 482. The zero-order valence-corrected chi connectivity index (χ0v) is 8.03. The molecule has 1 heterocycles. The molecule has 0 aliphatic carbocycles. The van der Waals surface area contributed by atoms with Crippen LogP contribution in [0.4, 0.5) is 0 Å². The monoisotopic (exact) mass is 190 g/mol. The van der Waals surface area contributed by atoms with Crippen molar-refractivity contribution in [2.45, 2.75) is 6.92 Å². The zero-order chi connectivity index (χ0) is 10.1. The number of aryl methyl sites for hydroxylation is 1. The molecule has 0 N–H and O–H groups in total. The maximum atomic E-state index is 10.7. The summed E-state index contributed by atoms with van der Waals surface area (Å²) in [6.07, 6.45) is 0.782. The van der Waals surface area contributed by atoms with Crippen molar-refractivity contribution in [3.8, 4) is 5.75 Å². The van der Waals surface area contributed by atoms with Crippen LogP contribution in [0.15, 0.2) is 22.6 Å². The van der Waals surface area contributed by atoms with Crippen LogP contribution in [0.3, 0.4) is 0 Å². The molecule has 14 heavy (non-hydrogen) atoms. The molecule has 3 nitrogen and oxygen atoms in total. The van der Waals surface area contributed by atoms with Crippen molar-refractivity contribution in [1.82, 2.24) is 0 Å². The molecule has 0 atom stereocenters. The van der Waals surface area contributed by atoms with Crippen LogP contribution in [0.1, 0.15) is 16.1 Å². The Balaban J connectivity index is 2.83. The third-order valence-corrected chi connectivity index (χ3v) is 2.14. The zero-order valence-electron chi connectivity index (χ0n) is 8.03. The number of hydrogen-bond acceptors (Lipinski definition) is 3. The highest BCUT2D eigenvalue weighted by atomic mass is 16.5. The standard InChI is InChI=1S/C11H10O3/c1-7-5-9-10(13-2)4-3-8(6-12)11(9)14-7/h3-6H,1-2H3. The highest BCUT2D eigenvalue weighted by Crippen LogP contribution is 2.30. The maximum Gasteiger partial charge on any atom is 0.153 e. The molecule has 3 heteroatoms. The van der Waals surface area contributed by atoms with E-state index in [9.17, 15) is 4.79 Å². The molecule has 0 saturated heterocycles. The summed E-state index contributed by atoms with van der Waals surface area (Å²) >= 11 is 0. The fourth-order valence-corrected chi connectivity index (χ4v) is 1.51. The van der Waals surface area contributed by atoms with Crippen molar-refractivity contribution in [3.63, 3.8) is 0 Å². The topological polar surface area (TPSA) is 39.4 Å². The molecule has 0 radical (unpaired) electrons. The summed E-state index contributed by atoms with van der Waals surface area (Å²) in [5.41, 5.74) is 1.14. The number of methoxy groups -OCH3 is 1. The Morgan fingerprint density at radius 3 is 2.86 bits per heavy atom. The van der Waals surface area contributed by atoms with Crippen LogP contribution in [0.5, 0.6) is 5.75 Å². The van der Waals surface area contributed by atoms with E-state index in [0.29, 0.717) is 11.1 Å². The third kappa shape index (κ3) is 1.18. The SMILES string of the molecule is COc1ccc(C=O)c2oc(C)cc12. The average molecular weight is 190 g/mol. The lowest BCUT2D eigenvalue weighted by molar-refractivity contribution is 0.112. The van der Waals surface area contributed by atoms with Crippen LogP contribution in [-0.2, 0) is 0 Å². The van der Waals surface area contributed by atoms with Crippen LogP contribution in [0.25, 0.3) is 11.0 Å². The van der Waals surface area contributed by atoms with Crippen LogP contribution < -0.4 is 4.74 Å². The molecule has 0 fully saturated rings. The molecule has 0 aliphatic rings. The summed E-state index contributed by atoms with van der Waals surface area (Å²) in [4.78, 5) is 10.7. The summed E-state index contributed by atoms with van der Waals surface area (Å²) in [5.74, 6) is 1.50. The van der Waals surface area contributed by atoms with Gasteiger partial charge in [0, 0.05) is 0 Å². The van der Waals surface area contributed by atoms with Crippen molar-refractivity contribution in [2.24, 2.45) is 0 Å². The molecule has 2 rings (SSSR count). The molecule has 2 aromatic rings. The third-order valence-electron chi connectivity index (χ3n) is 2.14. The van der Waals surface area contributed by atoms with Crippen molar-refractivity contribution < 1.29 is 13.9 Å². The normalized spacial score (nSPS) is 10.4. The number of furan rings is 1. The lowest BCUT2D eigenvalue weighted by atomic mass is 10.1. The summed E-state index contributed by atoms with van der Waals surface area (Å²) in [7, 11) is 1.59. The van der Waals surface area contributed by atoms with E-state index in [1.54, 1.807) is 19.2 Å². The number of benzene rings is 1. The molecular formula is C11H10O3. The second-order valence-corrected chi connectivity index (χ2v) is 3.07. The van der Waals surface area contributed by atoms with Gasteiger partial charge in [0.2, 0.25) is 0 Å². The van der Waals surface area contributed by atoms with E-state index in [0.717, 1.165) is 23.2 Å². The lowest BCUT2D eigenvalue weighted by Crippen LogP contribution is -1.86. The van der Waals surface area contributed by atoms with E-state index < -0.39 is 0 Å². The van der Waals surface area contributed by atoms with Crippen molar-refractivity contribution in [2.75, 3.05) is 7.11 Å². The molecular weight excluding hydrogens is 180 g/mol. The quantitative estimate of drug-likeness (QED) is 0.683. The molecule has 0 unspecified atom stereocenters. The van der Waals surface area contributed by atoms with Gasteiger partial charge in [0.15, 0.2) is 6.29 Å². The van der Waals surface area contributed by atoms with Gasteiger partial charge in [-0.15, -0.1) is 0 Å². The summed E-state index contributed by atoms with van der Waals surface area (Å²) in [5, 5.41) is 0.842. The van der Waals surface area contributed by atoms with Gasteiger partial charge < -0.3 is 9.15 Å². The first kappa shape index (κ1) is 8.81. The van der Waals surface area contributed by atoms with Crippen molar-refractivity contribution in [3.05, 3.63) is 29.5 Å². The summed E-state index contributed by atoms with van der Waals surface area (Å²) in [6, 6.07) is 5.32. The molecule has 0 saturated carbocycles. The van der Waals surface area contributed by atoms with Gasteiger partial charge in [0.1, 0.15) is 17.1 Å². The lowest BCUT2D eigenvalue weighted by Gasteiger charge is -2.00. The summed E-state index contributed by atoms with van der Waals surface area (Å²) in [6.45, 7) is 1.84. The van der Waals surface area contributed by atoms with Gasteiger partial charge in [-0.2, -0.15) is 0 Å². The largest absolute Gasteiger partial charge is 0.496 e. The van der Waals surface area contributed by atoms with Crippen LogP contribution >= 0.6 is 0 Å². The van der Waals surface area contributed by atoms with Gasteiger partial charge in [-0.1, -0.05) is 0 Å². The summed E-state index contributed by atoms with van der Waals surface area (Å²) < 4.78 is 10.6. The molecule has 0 aliphatic heterocycles. The van der Waals surface area contributed by atoms with E-state index in [4.69, 9.17) is 9.15 Å². The van der Waals surface area contributed by atoms with Crippen LogP contribution in [0.2, 0.25) is 0 Å². The van der Waals surface area contributed by atoms with Crippen molar-refractivity contribution in [1.29, 1.82) is 0 Å². The Morgan fingerprint density at radius 1 is 1.43 bits per heavy atom. The van der Waals surface area contributed by atoms with Gasteiger partial charge in [0.05, 0.1) is 18.1 Å². The number of rotatable bonds is 2. The molecule has 72 valence electrons. The average Bonchev–Trinajstić information content (AvgIpc) is 2.57. The minimum absolute atomic E-state index is 0.550. The van der Waals surface area contributed by atoms with E-state index in [1.807, 2.05) is 13.0 Å². The highest BCUT2D eigenvalue weighted by molar-refractivity contribution is 5.97. The molecule has 0 amide bonds. The minimum atomic E-state index is 0.550. The van der Waals surface area contributed by atoms with E-state index in [1.165, 1.54) is 0 Å². The Hall–Kier alpha value is -1.77. The Kier molecular flexibility index (Phi) is 2.00. The van der Waals surface area contributed by atoms with E-state index in [-0.39, 0.29) is 0 Å². The number of fused-ring (bicyclic) bond motifs is 1. The molecule has 1 aromatic heterocycles. The number of carbonyl (C=O) groups is 1. The van der Waals surface area contributed by atoms with E-state index in [2.05, 4.69) is 0 Å². The van der Waals surface area contributed by atoms with Crippen LogP contribution in [-0.4, -0.2) is 13.4 Å². The van der Waals surface area contributed by atoms with Crippen LogP contribution in [0, 0.1) is 6.92 Å². The first-order valence-corrected chi connectivity index (χ1v) is 4.28. The van der Waals surface area contributed by atoms with Gasteiger partial charge in [-0.3, -0.25) is 4.79 Å². The maximum absolute atomic E-state index is 10.7. The number of carbonyl (C=O) groups excluding carboxylic acids is 1. The second kappa shape index (κ2) is 3.18. The predicted octanol–water partition coefficient (Wildman–Crippen LogP) is 2.56. The van der Waals surface area contributed by atoms with Gasteiger partial charge in [0.25, 0.3) is 0 Å². The van der Waals surface area contributed by atoms with Gasteiger partial charge in [-0.05, 0) is 25.1 Å². The fraction of sp³-hybridized carbons (Fsp3) is 0.182.